The highest BCUT2D eigenvalue weighted by Crippen LogP contribution is 2.34. The van der Waals surface area contributed by atoms with Crippen LogP contribution in [0, 0.1) is 0 Å². The number of ether oxygens (including phenoxy) is 1. The molecule has 3 N–H and O–H groups in total. The van der Waals surface area contributed by atoms with Crippen LogP contribution in [0.4, 0.5) is 0 Å². The second-order valence-corrected chi connectivity index (χ2v) is 4.07. The van der Waals surface area contributed by atoms with Gasteiger partial charge in [-0.25, -0.2) is 4.79 Å². The summed E-state index contributed by atoms with van der Waals surface area (Å²) < 4.78 is 5.10. The summed E-state index contributed by atoms with van der Waals surface area (Å²) in [6.45, 7) is 1.76. The number of carboxylic acids is 1. The molecule has 1 aromatic carbocycles. The van der Waals surface area contributed by atoms with Crippen molar-refractivity contribution in [2.45, 2.75) is 19.4 Å². The number of fused-ring (bicyclic) bond motifs is 1. The predicted octanol–water partition coefficient (Wildman–Crippen LogP) is 0.963. The number of benzene rings is 1. The Morgan fingerprint density at radius 1 is 1.56 bits per heavy atom. The highest BCUT2D eigenvalue weighted by molar-refractivity contribution is 6.21. The minimum Gasteiger partial charge on any atom is -0.480 e. The van der Waals surface area contributed by atoms with Gasteiger partial charge < -0.3 is 15.6 Å². The van der Waals surface area contributed by atoms with Crippen LogP contribution in [0.3, 0.4) is 0 Å². The van der Waals surface area contributed by atoms with Gasteiger partial charge in [0.1, 0.15) is 11.8 Å². The molecule has 1 aliphatic heterocycles. The smallest absolute Gasteiger partial charge is 0.343 e. The lowest BCUT2D eigenvalue weighted by atomic mass is 10.0. The van der Waals surface area contributed by atoms with Crippen LogP contribution in [0.2, 0.25) is 0 Å². The number of allylic oxidation sites excluding steroid dienone is 1. The largest absolute Gasteiger partial charge is 0.480 e. The van der Waals surface area contributed by atoms with E-state index in [0.717, 1.165) is 11.1 Å². The summed E-state index contributed by atoms with van der Waals surface area (Å²) >= 11 is 0. The lowest BCUT2D eigenvalue weighted by Gasteiger charge is -2.07. The van der Waals surface area contributed by atoms with E-state index >= 15 is 0 Å². The predicted molar refractivity (Wildman–Crippen MR) is 65.0 cm³/mol. The molecule has 0 unspecified atom stereocenters. The van der Waals surface area contributed by atoms with E-state index in [1.165, 1.54) is 0 Å². The normalized spacial score (nSPS) is 17.4. The third-order valence-electron chi connectivity index (χ3n) is 2.82. The van der Waals surface area contributed by atoms with Crippen LogP contribution in [0.1, 0.15) is 18.1 Å². The molecule has 0 saturated carbocycles. The molecular formula is C13H13NO4. The fraction of sp³-hybridized carbons (Fsp3) is 0.231. The number of carbonyl (C=O) groups is 2. The lowest BCUT2D eigenvalue weighted by Crippen LogP contribution is -2.32. The number of hydrogen-bond donors (Lipinski definition) is 2. The summed E-state index contributed by atoms with van der Waals surface area (Å²) in [7, 11) is 0. The molecule has 1 atom stereocenters. The van der Waals surface area contributed by atoms with E-state index in [-0.39, 0.29) is 12.4 Å². The quantitative estimate of drug-likeness (QED) is 0.472. The van der Waals surface area contributed by atoms with Gasteiger partial charge in [-0.3, -0.25) is 4.79 Å². The molecule has 0 aliphatic carbocycles. The number of carboxylic acid groups (broad SMARTS) is 1. The Balaban J connectivity index is 2.28. The maximum absolute atomic E-state index is 11.5. The maximum atomic E-state index is 11.5. The Kier molecular flexibility index (Phi) is 3.16. The molecule has 0 amide bonds. The van der Waals surface area contributed by atoms with Crippen molar-refractivity contribution in [1.29, 1.82) is 0 Å². The van der Waals surface area contributed by atoms with Crippen LogP contribution in [-0.2, 0) is 16.0 Å². The molecule has 0 saturated heterocycles. The molecule has 2 rings (SSSR count). The Morgan fingerprint density at radius 2 is 2.28 bits per heavy atom. The van der Waals surface area contributed by atoms with Gasteiger partial charge in [0.25, 0.3) is 0 Å². The average molecular weight is 247 g/mol. The van der Waals surface area contributed by atoms with Crippen molar-refractivity contribution in [2.75, 3.05) is 0 Å². The highest BCUT2D eigenvalue weighted by Gasteiger charge is 2.26. The maximum Gasteiger partial charge on any atom is 0.343 e. The first-order valence-corrected chi connectivity index (χ1v) is 5.53. The van der Waals surface area contributed by atoms with E-state index < -0.39 is 12.0 Å². The fourth-order valence-electron chi connectivity index (χ4n) is 1.88. The lowest BCUT2D eigenvalue weighted by molar-refractivity contribution is -0.138. The van der Waals surface area contributed by atoms with Gasteiger partial charge in [-0.2, -0.15) is 0 Å². The number of aliphatic carboxylic acids is 1. The zero-order valence-corrected chi connectivity index (χ0v) is 9.84. The first-order valence-electron chi connectivity index (χ1n) is 5.53. The molecule has 0 fully saturated rings. The first-order chi connectivity index (χ1) is 8.52. The van der Waals surface area contributed by atoms with Gasteiger partial charge in [0.05, 0.1) is 5.57 Å². The number of rotatable bonds is 3. The molecule has 0 radical (unpaired) electrons. The van der Waals surface area contributed by atoms with Crippen LogP contribution < -0.4 is 10.5 Å². The van der Waals surface area contributed by atoms with Crippen molar-refractivity contribution in [3.63, 3.8) is 0 Å². The number of hydrogen-bond acceptors (Lipinski definition) is 4. The summed E-state index contributed by atoms with van der Waals surface area (Å²) in [6.07, 6.45) is 1.89. The summed E-state index contributed by atoms with van der Waals surface area (Å²) in [6, 6.07) is 4.21. The third kappa shape index (κ3) is 2.12. The molecule has 5 nitrogen and oxygen atoms in total. The van der Waals surface area contributed by atoms with Crippen LogP contribution in [0.15, 0.2) is 24.3 Å². The van der Waals surface area contributed by atoms with Crippen molar-refractivity contribution in [3.8, 4) is 5.75 Å². The summed E-state index contributed by atoms with van der Waals surface area (Å²) in [4.78, 5) is 22.2. The Hall–Kier alpha value is -2.14. The molecule has 0 spiro atoms. The van der Waals surface area contributed by atoms with Crippen molar-refractivity contribution in [1.82, 2.24) is 0 Å². The molecule has 5 heteroatoms. The van der Waals surface area contributed by atoms with E-state index in [4.69, 9.17) is 15.6 Å². The Labute approximate surface area is 104 Å². The Bertz CT molecular complexity index is 548. The number of esters is 1. The average Bonchev–Trinajstić information content (AvgIpc) is 2.63. The zero-order valence-electron chi connectivity index (χ0n) is 9.84. The van der Waals surface area contributed by atoms with Gasteiger partial charge in [0, 0.05) is 5.56 Å². The molecule has 0 bridgehead atoms. The van der Waals surface area contributed by atoms with Gasteiger partial charge in [-0.1, -0.05) is 18.2 Å². The molecule has 0 aromatic heterocycles. The van der Waals surface area contributed by atoms with E-state index in [9.17, 15) is 9.59 Å². The van der Waals surface area contributed by atoms with Gasteiger partial charge in [0.15, 0.2) is 0 Å². The summed E-state index contributed by atoms with van der Waals surface area (Å²) in [5, 5.41) is 8.74. The summed E-state index contributed by atoms with van der Waals surface area (Å²) in [5.74, 6) is -0.975. The molecule has 94 valence electrons. The number of nitrogens with two attached hydrogens (primary N) is 1. The second kappa shape index (κ2) is 4.62. The van der Waals surface area contributed by atoms with E-state index in [1.807, 2.05) is 0 Å². The molecule has 1 aromatic rings. The van der Waals surface area contributed by atoms with Crippen LogP contribution in [0.25, 0.3) is 5.57 Å². The summed E-state index contributed by atoms with van der Waals surface area (Å²) in [5.41, 5.74) is 7.44. The SMILES string of the molecule is CC=C1C(=O)Oc2cc(C[C@H](N)C(=O)O)ccc21. The van der Waals surface area contributed by atoms with E-state index in [1.54, 1.807) is 31.2 Å². The minimum atomic E-state index is -1.05. The second-order valence-electron chi connectivity index (χ2n) is 4.07. The van der Waals surface area contributed by atoms with Crippen LogP contribution >= 0.6 is 0 Å². The van der Waals surface area contributed by atoms with Crippen molar-refractivity contribution < 1.29 is 19.4 Å². The third-order valence-corrected chi connectivity index (χ3v) is 2.82. The van der Waals surface area contributed by atoms with Gasteiger partial charge in [0.2, 0.25) is 0 Å². The van der Waals surface area contributed by atoms with Crippen molar-refractivity contribution in [2.24, 2.45) is 5.73 Å². The van der Waals surface area contributed by atoms with Gasteiger partial charge in [-0.05, 0) is 25.0 Å². The standard InChI is InChI=1S/C13H13NO4/c1-2-8-9-4-3-7(5-10(14)12(15)16)6-11(9)18-13(8)17/h2-4,6,10H,5,14H2,1H3,(H,15,16)/t10-/m0/s1. The molecule has 1 heterocycles. The Morgan fingerprint density at radius 3 is 2.89 bits per heavy atom. The molecule has 1 aliphatic rings. The van der Waals surface area contributed by atoms with Crippen LogP contribution in [0.5, 0.6) is 5.75 Å². The fourth-order valence-corrected chi connectivity index (χ4v) is 1.88. The minimum absolute atomic E-state index is 0.200. The van der Waals surface area contributed by atoms with E-state index in [2.05, 4.69) is 0 Å². The first kappa shape index (κ1) is 12.3. The van der Waals surface area contributed by atoms with Crippen molar-refractivity contribution in [3.05, 3.63) is 35.4 Å². The molecule has 18 heavy (non-hydrogen) atoms. The molecular weight excluding hydrogens is 234 g/mol. The highest BCUT2D eigenvalue weighted by atomic mass is 16.5. The zero-order chi connectivity index (χ0) is 13.3. The topological polar surface area (TPSA) is 89.6 Å². The van der Waals surface area contributed by atoms with Crippen LogP contribution in [-0.4, -0.2) is 23.1 Å². The van der Waals surface area contributed by atoms with Gasteiger partial charge in [-0.15, -0.1) is 0 Å². The van der Waals surface area contributed by atoms with E-state index in [0.29, 0.717) is 11.3 Å². The number of carbonyl (C=O) groups excluding carboxylic acids is 1. The van der Waals surface area contributed by atoms with Crippen molar-refractivity contribution >= 4 is 17.5 Å². The van der Waals surface area contributed by atoms with Gasteiger partial charge >= 0.3 is 11.9 Å². The monoisotopic (exact) mass is 247 g/mol.